The van der Waals surface area contributed by atoms with Crippen molar-refractivity contribution in [2.75, 3.05) is 6.61 Å². The van der Waals surface area contributed by atoms with Crippen molar-refractivity contribution in [3.05, 3.63) is 35.4 Å². The van der Waals surface area contributed by atoms with Gasteiger partial charge in [0.15, 0.2) is 0 Å². The summed E-state index contributed by atoms with van der Waals surface area (Å²) in [6, 6.07) is 4.85. The number of hydrogen-bond acceptors (Lipinski definition) is 2. The third-order valence-electron chi connectivity index (χ3n) is 2.59. The summed E-state index contributed by atoms with van der Waals surface area (Å²) in [7, 11) is 0. The number of halogens is 3. The van der Waals surface area contributed by atoms with Gasteiger partial charge in [-0.05, 0) is 17.7 Å². The van der Waals surface area contributed by atoms with E-state index in [1.165, 1.54) is 12.1 Å². The molecule has 2 nitrogen and oxygen atoms in total. The fourth-order valence-corrected chi connectivity index (χ4v) is 1.73. The molecule has 2 rings (SSSR count). The molecule has 1 aliphatic rings. The van der Waals surface area contributed by atoms with Gasteiger partial charge in [0.25, 0.3) is 0 Å². The molecule has 0 bridgehead atoms. The summed E-state index contributed by atoms with van der Waals surface area (Å²) in [5.41, 5.74) is -0.000606. The van der Waals surface area contributed by atoms with E-state index in [4.69, 9.17) is 4.74 Å². The second-order valence-corrected chi connectivity index (χ2v) is 3.83. The van der Waals surface area contributed by atoms with E-state index < -0.39 is 17.8 Å². The second-order valence-electron chi connectivity index (χ2n) is 3.83. The Kier molecular flexibility index (Phi) is 2.90. The van der Waals surface area contributed by atoms with E-state index in [2.05, 4.69) is 0 Å². The van der Waals surface area contributed by atoms with Crippen LogP contribution in [0.25, 0.3) is 0 Å². The average Bonchev–Trinajstić information content (AvgIpc) is 2.64. The molecule has 0 aliphatic carbocycles. The van der Waals surface area contributed by atoms with Crippen LogP contribution in [0.4, 0.5) is 13.2 Å². The molecule has 0 aromatic heterocycles. The van der Waals surface area contributed by atoms with Crippen molar-refractivity contribution < 1.29 is 23.0 Å². The number of benzene rings is 1. The molecule has 1 aromatic rings. The standard InChI is InChI=1S/C11H11F3O2/c12-11(13,14)8-3-1-7(2-4-8)10-5-9(15)6-16-10/h1-4,9-10,15H,5-6H2. The molecule has 0 spiro atoms. The number of alkyl halides is 3. The van der Waals surface area contributed by atoms with Gasteiger partial charge in [0.2, 0.25) is 0 Å². The van der Waals surface area contributed by atoms with E-state index in [1.54, 1.807) is 0 Å². The Morgan fingerprint density at radius 1 is 1.19 bits per heavy atom. The molecule has 88 valence electrons. The predicted octanol–water partition coefficient (Wildman–Crippen LogP) is 2.53. The van der Waals surface area contributed by atoms with Gasteiger partial charge in [0.05, 0.1) is 24.4 Å². The second kappa shape index (κ2) is 4.07. The van der Waals surface area contributed by atoms with Gasteiger partial charge >= 0.3 is 6.18 Å². The fourth-order valence-electron chi connectivity index (χ4n) is 1.73. The molecule has 5 heteroatoms. The molecule has 1 N–H and O–H groups in total. The Morgan fingerprint density at radius 3 is 2.25 bits per heavy atom. The van der Waals surface area contributed by atoms with Gasteiger partial charge in [-0.3, -0.25) is 0 Å². The van der Waals surface area contributed by atoms with Gasteiger partial charge in [-0.25, -0.2) is 0 Å². The first kappa shape index (κ1) is 11.4. The summed E-state index contributed by atoms with van der Waals surface area (Å²) in [4.78, 5) is 0. The highest BCUT2D eigenvalue weighted by atomic mass is 19.4. The molecule has 1 heterocycles. The largest absolute Gasteiger partial charge is 0.416 e. The van der Waals surface area contributed by atoms with E-state index in [0.717, 1.165) is 12.1 Å². The van der Waals surface area contributed by atoms with Gasteiger partial charge in [0, 0.05) is 6.42 Å². The SMILES string of the molecule is OC1COC(c2ccc(C(F)(F)F)cc2)C1. The molecule has 1 saturated heterocycles. The van der Waals surface area contributed by atoms with Crippen molar-refractivity contribution in [2.24, 2.45) is 0 Å². The molecule has 1 aliphatic heterocycles. The van der Waals surface area contributed by atoms with Crippen LogP contribution in [0.1, 0.15) is 23.7 Å². The van der Waals surface area contributed by atoms with Crippen molar-refractivity contribution in [2.45, 2.75) is 24.8 Å². The molecule has 0 amide bonds. The summed E-state index contributed by atoms with van der Waals surface area (Å²) in [6.45, 7) is 0.242. The van der Waals surface area contributed by atoms with Crippen molar-refractivity contribution in [3.8, 4) is 0 Å². The Hall–Kier alpha value is -1.07. The Balaban J connectivity index is 2.14. The van der Waals surface area contributed by atoms with Crippen LogP contribution < -0.4 is 0 Å². The first-order valence-electron chi connectivity index (χ1n) is 4.93. The lowest BCUT2D eigenvalue weighted by Crippen LogP contribution is -2.05. The van der Waals surface area contributed by atoms with Gasteiger partial charge < -0.3 is 9.84 Å². The Morgan fingerprint density at radius 2 is 1.81 bits per heavy atom. The van der Waals surface area contributed by atoms with E-state index in [9.17, 15) is 18.3 Å². The van der Waals surface area contributed by atoms with Crippen LogP contribution in [0, 0.1) is 0 Å². The summed E-state index contributed by atoms with van der Waals surface area (Å²) >= 11 is 0. The zero-order valence-corrected chi connectivity index (χ0v) is 8.37. The lowest BCUT2D eigenvalue weighted by molar-refractivity contribution is -0.137. The first-order chi connectivity index (χ1) is 7.47. The van der Waals surface area contributed by atoms with E-state index in [0.29, 0.717) is 12.0 Å². The molecule has 1 fully saturated rings. The summed E-state index contributed by atoms with van der Waals surface area (Å²) in [6.07, 6.45) is -4.69. The van der Waals surface area contributed by atoms with Crippen LogP contribution in [-0.4, -0.2) is 17.8 Å². The van der Waals surface area contributed by atoms with Crippen LogP contribution in [0.15, 0.2) is 24.3 Å². The smallest absolute Gasteiger partial charge is 0.391 e. The van der Waals surface area contributed by atoms with Crippen LogP contribution in [-0.2, 0) is 10.9 Å². The van der Waals surface area contributed by atoms with Gasteiger partial charge in [-0.2, -0.15) is 13.2 Å². The fraction of sp³-hybridized carbons (Fsp3) is 0.455. The lowest BCUT2D eigenvalue weighted by Gasteiger charge is -2.11. The van der Waals surface area contributed by atoms with Gasteiger partial charge in [-0.15, -0.1) is 0 Å². The maximum atomic E-state index is 12.3. The van der Waals surface area contributed by atoms with Crippen LogP contribution in [0.5, 0.6) is 0 Å². The van der Waals surface area contributed by atoms with Crippen LogP contribution in [0.3, 0.4) is 0 Å². The molecule has 0 radical (unpaired) electrons. The maximum absolute atomic E-state index is 12.3. The summed E-state index contributed by atoms with van der Waals surface area (Å²) < 4.78 is 42.1. The minimum atomic E-state index is -4.31. The van der Waals surface area contributed by atoms with Crippen molar-refractivity contribution in [1.29, 1.82) is 0 Å². The zero-order valence-electron chi connectivity index (χ0n) is 8.37. The normalized spacial score (nSPS) is 26.0. The molecular weight excluding hydrogens is 221 g/mol. The number of aliphatic hydroxyl groups is 1. The van der Waals surface area contributed by atoms with Gasteiger partial charge in [-0.1, -0.05) is 12.1 Å². The van der Waals surface area contributed by atoms with Crippen LogP contribution in [0.2, 0.25) is 0 Å². The van der Waals surface area contributed by atoms with Crippen molar-refractivity contribution >= 4 is 0 Å². The molecule has 1 aromatic carbocycles. The highest BCUT2D eigenvalue weighted by Crippen LogP contribution is 2.33. The molecular formula is C11H11F3O2. The van der Waals surface area contributed by atoms with E-state index >= 15 is 0 Å². The predicted molar refractivity (Wildman–Crippen MR) is 50.8 cm³/mol. The average molecular weight is 232 g/mol. The third kappa shape index (κ3) is 2.36. The van der Waals surface area contributed by atoms with Gasteiger partial charge in [0.1, 0.15) is 0 Å². The summed E-state index contributed by atoms with van der Waals surface area (Å²) in [5, 5.41) is 9.24. The minimum Gasteiger partial charge on any atom is -0.391 e. The number of aliphatic hydroxyl groups excluding tert-OH is 1. The first-order valence-corrected chi connectivity index (χ1v) is 4.93. The Labute approximate surface area is 90.7 Å². The van der Waals surface area contributed by atoms with E-state index in [1.807, 2.05) is 0 Å². The quantitative estimate of drug-likeness (QED) is 0.806. The Bertz CT molecular complexity index is 358. The number of ether oxygens (including phenoxy) is 1. The highest BCUT2D eigenvalue weighted by Gasteiger charge is 2.31. The monoisotopic (exact) mass is 232 g/mol. The molecule has 0 saturated carbocycles. The summed E-state index contributed by atoms with van der Waals surface area (Å²) in [5.74, 6) is 0. The lowest BCUT2D eigenvalue weighted by atomic mass is 10.0. The van der Waals surface area contributed by atoms with E-state index in [-0.39, 0.29) is 12.7 Å². The maximum Gasteiger partial charge on any atom is 0.416 e. The zero-order chi connectivity index (χ0) is 11.8. The number of rotatable bonds is 1. The minimum absolute atomic E-state index is 0.242. The third-order valence-corrected chi connectivity index (χ3v) is 2.59. The number of hydrogen-bond donors (Lipinski definition) is 1. The highest BCUT2D eigenvalue weighted by molar-refractivity contribution is 5.26. The molecule has 2 unspecified atom stereocenters. The molecule has 2 atom stereocenters. The topological polar surface area (TPSA) is 29.5 Å². The molecule has 16 heavy (non-hydrogen) atoms. The van der Waals surface area contributed by atoms with Crippen molar-refractivity contribution in [1.82, 2.24) is 0 Å². The van der Waals surface area contributed by atoms with Crippen molar-refractivity contribution in [3.63, 3.8) is 0 Å². The van der Waals surface area contributed by atoms with Crippen LogP contribution >= 0.6 is 0 Å².